The number of amides is 1. The minimum Gasteiger partial charge on any atom is -0.352 e. The van der Waals surface area contributed by atoms with Crippen molar-refractivity contribution in [3.63, 3.8) is 0 Å². The zero-order valence-electron chi connectivity index (χ0n) is 12.6. The quantitative estimate of drug-likeness (QED) is 0.820. The van der Waals surface area contributed by atoms with Crippen LogP contribution in [0.25, 0.3) is 0 Å². The standard InChI is InChI=1S/C15H24N4OS/c1-10(14(20)16-12-8-4-5-9-12)21-15-17-13(18-19-15)11-6-2-3-7-11/h10-12H,2-9H2,1H3,(H,16,20)(H,17,18,19). The van der Waals surface area contributed by atoms with Crippen LogP contribution in [0.15, 0.2) is 5.16 Å². The van der Waals surface area contributed by atoms with Gasteiger partial charge < -0.3 is 5.32 Å². The van der Waals surface area contributed by atoms with Gasteiger partial charge in [-0.3, -0.25) is 9.89 Å². The molecule has 2 N–H and O–H groups in total. The average Bonchev–Trinajstić information content (AvgIpc) is 3.20. The molecule has 2 aliphatic carbocycles. The second-order valence-electron chi connectivity index (χ2n) is 6.23. The summed E-state index contributed by atoms with van der Waals surface area (Å²) in [5, 5.41) is 11.0. The molecule has 0 aliphatic heterocycles. The fourth-order valence-corrected chi connectivity index (χ4v) is 4.03. The van der Waals surface area contributed by atoms with Gasteiger partial charge in [-0.1, -0.05) is 37.4 Å². The van der Waals surface area contributed by atoms with Crippen molar-refractivity contribution in [1.82, 2.24) is 20.5 Å². The van der Waals surface area contributed by atoms with Crippen LogP contribution in [0.3, 0.4) is 0 Å². The van der Waals surface area contributed by atoms with Crippen molar-refractivity contribution in [2.24, 2.45) is 0 Å². The molecule has 0 spiro atoms. The number of aromatic nitrogens is 3. The first-order valence-electron chi connectivity index (χ1n) is 8.11. The molecule has 5 nitrogen and oxygen atoms in total. The van der Waals surface area contributed by atoms with Gasteiger partial charge >= 0.3 is 0 Å². The van der Waals surface area contributed by atoms with E-state index in [-0.39, 0.29) is 11.2 Å². The topological polar surface area (TPSA) is 70.7 Å². The van der Waals surface area contributed by atoms with Gasteiger partial charge in [-0.25, -0.2) is 4.98 Å². The minimum atomic E-state index is -0.141. The van der Waals surface area contributed by atoms with Gasteiger partial charge in [-0.15, -0.1) is 5.10 Å². The Bertz CT molecular complexity index is 478. The van der Waals surface area contributed by atoms with E-state index in [2.05, 4.69) is 20.5 Å². The summed E-state index contributed by atoms with van der Waals surface area (Å²) in [6, 6.07) is 0.377. The summed E-state index contributed by atoms with van der Waals surface area (Å²) in [5.41, 5.74) is 0. The molecule has 2 fully saturated rings. The lowest BCUT2D eigenvalue weighted by Gasteiger charge is -2.15. The van der Waals surface area contributed by atoms with E-state index in [9.17, 15) is 4.79 Å². The summed E-state index contributed by atoms with van der Waals surface area (Å²) >= 11 is 1.45. The first-order valence-corrected chi connectivity index (χ1v) is 8.99. The SMILES string of the molecule is CC(Sc1n[nH]c(C2CCCC2)n1)C(=O)NC1CCCC1. The molecule has 1 atom stereocenters. The zero-order valence-corrected chi connectivity index (χ0v) is 13.4. The van der Waals surface area contributed by atoms with Crippen LogP contribution in [0, 0.1) is 0 Å². The number of thioether (sulfide) groups is 1. The largest absolute Gasteiger partial charge is 0.352 e. The van der Waals surface area contributed by atoms with E-state index >= 15 is 0 Å². The van der Waals surface area contributed by atoms with E-state index in [1.54, 1.807) is 0 Å². The van der Waals surface area contributed by atoms with Gasteiger partial charge in [-0.2, -0.15) is 0 Å². The molecule has 0 aromatic carbocycles. The molecule has 1 amide bonds. The van der Waals surface area contributed by atoms with Gasteiger partial charge in [0.1, 0.15) is 5.82 Å². The lowest BCUT2D eigenvalue weighted by Crippen LogP contribution is -2.37. The third-order valence-electron chi connectivity index (χ3n) is 4.58. The van der Waals surface area contributed by atoms with Crippen molar-refractivity contribution < 1.29 is 4.79 Å². The Labute approximate surface area is 130 Å². The molecule has 6 heteroatoms. The average molecular weight is 308 g/mol. The molecular weight excluding hydrogens is 284 g/mol. The molecule has 116 valence electrons. The molecule has 2 saturated carbocycles. The van der Waals surface area contributed by atoms with E-state index in [1.165, 1.54) is 50.3 Å². The molecule has 21 heavy (non-hydrogen) atoms. The van der Waals surface area contributed by atoms with Crippen molar-refractivity contribution in [1.29, 1.82) is 0 Å². The third kappa shape index (κ3) is 3.78. The van der Waals surface area contributed by atoms with Crippen LogP contribution in [-0.4, -0.2) is 32.4 Å². The van der Waals surface area contributed by atoms with E-state index in [0.717, 1.165) is 18.7 Å². The molecular formula is C15H24N4OS. The number of hydrogen-bond donors (Lipinski definition) is 2. The number of H-pyrrole nitrogens is 1. The van der Waals surface area contributed by atoms with Gasteiger partial charge in [-0.05, 0) is 32.6 Å². The van der Waals surface area contributed by atoms with Gasteiger partial charge in [0.05, 0.1) is 5.25 Å². The Morgan fingerprint density at radius 1 is 1.24 bits per heavy atom. The molecule has 0 radical (unpaired) electrons. The molecule has 0 saturated heterocycles. The Kier molecular flexibility index (Phi) is 4.83. The van der Waals surface area contributed by atoms with Crippen LogP contribution < -0.4 is 5.32 Å². The Morgan fingerprint density at radius 3 is 2.62 bits per heavy atom. The highest BCUT2D eigenvalue weighted by molar-refractivity contribution is 8.00. The van der Waals surface area contributed by atoms with Crippen molar-refractivity contribution in [3.05, 3.63) is 5.82 Å². The van der Waals surface area contributed by atoms with Gasteiger partial charge in [0, 0.05) is 12.0 Å². The van der Waals surface area contributed by atoms with E-state index in [0.29, 0.717) is 17.1 Å². The molecule has 1 aromatic rings. The number of rotatable bonds is 5. The molecule has 1 aromatic heterocycles. The van der Waals surface area contributed by atoms with E-state index in [4.69, 9.17) is 0 Å². The van der Waals surface area contributed by atoms with Crippen molar-refractivity contribution in [3.8, 4) is 0 Å². The number of carbonyl (C=O) groups is 1. The summed E-state index contributed by atoms with van der Waals surface area (Å²) in [6.07, 6.45) is 9.69. The predicted octanol–water partition coefficient (Wildman–Crippen LogP) is 3.00. The van der Waals surface area contributed by atoms with Crippen molar-refractivity contribution >= 4 is 17.7 Å². The lowest BCUT2D eigenvalue weighted by atomic mass is 10.1. The number of nitrogens with one attached hydrogen (secondary N) is 2. The lowest BCUT2D eigenvalue weighted by molar-refractivity contribution is -0.120. The fourth-order valence-electron chi connectivity index (χ4n) is 3.29. The summed E-state index contributed by atoms with van der Waals surface area (Å²) in [4.78, 5) is 16.7. The van der Waals surface area contributed by atoms with Gasteiger partial charge in [0.15, 0.2) is 0 Å². The van der Waals surface area contributed by atoms with Crippen LogP contribution in [0.5, 0.6) is 0 Å². The second-order valence-corrected chi connectivity index (χ2v) is 7.54. The Hall–Kier alpha value is -1.04. The normalized spacial score (nSPS) is 21.8. The Morgan fingerprint density at radius 2 is 1.90 bits per heavy atom. The van der Waals surface area contributed by atoms with Crippen LogP contribution >= 0.6 is 11.8 Å². The summed E-state index contributed by atoms with van der Waals surface area (Å²) in [7, 11) is 0. The maximum Gasteiger partial charge on any atom is 0.233 e. The first-order chi connectivity index (χ1) is 10.2. The number of nitrogens with zero attached hydrogens (tertiary/aromatic N) is 2. The molecule has 1 unspecified atom stereocenters. The molecule has 1 heterocycles. The number of aromatic amines is 1. The van der Waals surface area contributed by atoms with E-state index < -0.39 is 0 Å². The van der Waals surface area contributed by atoms with Gasteiger partial charge in [0.2, 0.25) is 11.1 Å². The van der Waals surface area contributed by atoms with Crippen LogP contribution in [0.4, 0.5) is 0 Å². The van der Waals surface area contributed by atoms with Crippen LogP contribution in [0.2, 0.25) is 0 Å². The van der Waals surface area contributed by atoms with Crippen molar-refractivity contribution in [2.75, 3.05) is 0 Å². The highest BCUT2D eigenvalue weighted by Gasteiger charge is 2.24. The number of hydrogen-bond acceptors (Lipinski definition) is 4. The van der Waals surface area contributed by atoms with Crippen molar-refractivity contribution in [2.45, 2.75) is 80.7 Å². The minimum absolute atomic E-state index is 0.110. The Balaban J connectivity index is 1.51. The summed E-state index contributed by atoms with van der Waals surface area (Å²) in [5.74, 6) is 1.65. The predicted molar refractivity (Wildman–Crippen MR) is 83.3 cm³/mol. The maximum absolute atomic E-state index is 12.2. The van der Waals surface area contributed by atoms with Crippen LogP contribution in [0.1, 0.15) is 70.0 Å². The summed E-state index contributed by atoms with van der Waals surface area (Å²) in [6.45, 7) is 1.93. The maximum atomic E-state index is 12.2. The fraction of sp³-hybridized carbons (Fsp3) is 0.800. The summed E-state index contributed by atoms with van der Waals surface area (Å²) < 4.78 is 0. The van der Waals surface area contributed by atoms with E-state index in [1.807, 2.05) is 6.92 Å². The smallest absolute Gasteiger partial charge is 0.233 e. The second kappa shape index (κ2) is 6.81. The van der Waals surface area contributed by atoms with Gasteiger partial charge in [0.25, 0.3) is 0 Å². The third-order valence-corrected chi connectivity index (χ3v) is 5.54. The highest BCUT2D eigenvalue weighted by atomic mass is 32.2. The highest BCUT2D eigenvalue weighted by Crippen LogP contribution is 2.33. The first kappa shape index (κ1) is 14.9. The molecule has 2 aliphatic rings. The molecule has 3 rings (SSSR count). The zero-order chi connectivity index (χ0) is 14.7. The number of carbonyl (C=O) groups excluding carboxylic acids is 1. The monoisotopic (exact) mass is 308 g/mol. The van der Waals surface area contributed by atoms with Crippen LogP contribution in [-0.2, 0) is 4.79 Å². The molecule has 0 bridgehead atoms.